The van der Waals surface area contributed by atoms with Crippen molar-refractivity contribution in [2.75, 3.05) is 26.2 Å². The van der Waals surface area contributed by atoms with Gasteiger partial charge in [-0.05, 0) is 57.0 Å². The van der Waals surface area contributed by atoms with Crippen molar-refractivity contribution >= 4 is 18.3 Å². The summed E-state index contributed by atoms with van der Waals surface area (Å²) in [5, 5.41) is 3.16. The number of carbonyl (C=O) groups excluding carboxylic acids is 1. The largest absolute Gasteiger partial charge is 0.493 e. The van der Waals surface area contributed by atoms with Crippen LogP contribution in [0.4, 0.5) is 0 Å². The summed E-state index contributed by atoms with van der Waals surface area (Å²) in [6.45, 7) is 7.65. The van der Waals surface area contributed by atoms with Gasteiger partial charge in [0.15, 0.2) is 0 Å². The van der Waals surface area contributed by atoms with Crippen LogP contribution in [0.25, 0.3) is 0 Å². The van der Waals surface area contributed by atoms with Gasteiger partial charge in [0.05, 0.1) is 18.2 Å². The number of ether oxygens (including phenoxy) is 1. The first-order chi connectivity index (χ1) is 13.7. The molecular formula is C24H33ClN2O2. The number of para-hydroxylation sites is 1. The van der Waals surface area contributed by atoms with Gasteiger partial charge in [0.1, 0.15) is 5.75 Å². The summed E-state index contributed by atoms with van der Waals surface area (Å²) in [6.07, 6.45) is 4.51. The van der Waals surface area contributed by atoms with E-state index in [1.807, 2.05) is 24.3 Å². The molecule has 5 heteroatoms. The van der Waals surface area contributed by atoms with Crippen LogP contribution in [0.1, 0.15) is 60.1 Å². The minimum absolute atomic E-state index is 0. The predicted molar refractivity (Wildman–Crippen MR) is 121 cm³/mol. The van der Waals surface area contributed by atoms with Gasteiger partial charge in [-0.15, -0.1) is 12.4 Å². The fraction of sp³-hybridized carbons (Fsp3) is 0.458. The van der Waals surface area contributed by atoms with Crippen molar-refractivity contribution in [3.63, 3.8) is 0 Å². The molecule has 0 aliphatic carbocycles. The Balaban J connectivity index is 0.00000300. The number of unbranched alkanes of at least 4 members (excludes halogenated alkanes) is 1. The Bertz CT molecular complexity index is 758. The lowest BCUT2D eigenvalue weighted by molar-refractivity contribution is 0.0933. The summed E-state index contributed by atoms with van der Waals surface area (Å²) in [5.41, 5.74) is 3.13. The predicted octanol–water partition coefficient (Wildman–Crippen LogP) is 5.16. The van der Waals surface area contributed by atoms with Crippen LogP contribution in [0.5, 0.6) is 5.75 Å². The lowest BCUT2D eigenvalue weighted by Gasteiger charge is -2.28. The van der Waals surface area contributed by atoms with Crippen LogP contribution in [0, 0.1) is 6.92 Å². The zero-order chi connectivity index (χ0) is 19.8. The van der Waals surface area contributed by atoms with Crippen molar-refractivity contribution in [2.45, 2.75) is 45.6 Å². The van der Waals surface area contributed by atoms with Crippen LogP contribution < -0.4 is 10.1 Å². The Morgan fingerprint density at radius 3 is 2.48 bits per heavy atom. The quantitative estimate of drug-likeness (QED) is 0.574. The van der Waals surface area contributed by atoms with Crippen LogP contribution >= 0.6 is 12.4 Å². The van der Waals surface area contributed by atoms with Gasteiger partial charge in [-0.1, -0.05) is 55.3 Å². The third-order valence-electron chi connectivity index (χ3n) is 5.39. The fourth-order valence-corrected chi connectivity index (χ4v) is 3.69. The standard InChI is InChI=1S/C24H32N2O2.ClH/c1-3-4-17-28-23-10-6-5-9-21(23)24(27)25-18-22(26-15-7-8-16-26)20-13-11-19(2)12-14-20;/h5-6,9-14,22H,3-4,7-8,15-18H2,1-2H3,(H,25,27);1H. The van der Waals surface area contributed by atoms with E-state index in [0.717, 1.165) is 25.9 Å². The lowest BCUT2D eigenvalue weighted by atomic mass is 10.0. The molecule has 4 nitrogen and oxygen atoms in total. The normalized spacial score (nSPS) is 14.8. The van der Waals surface area contributed by atoms with Crippen molar-refractivity contribution in [3.8, 4) is 5.75 Å². The maximum atomic E-state index is 12.9. The number of nitrogens with one attached hydrogen (secondary N) is 1. The summed E-state index contributed by atoms with van der Waals surface area (Å²) < 4.78 is 5.83. The van der Waals surface area contributed by atoms with Crippen LogP contribution in [-0.4, -0.2) is 37.0 Å². The average molecular weight is 417 g/mol. The summed E-state index contributed by atoms with van der Waals surface area (Å²) in [5.74, 6) is 0.602. The molecule has 0 saturated carbocycles. The van der Waals surface area contributed by atoms with E-state index < -0.39 is 0 Å². The highest BCUT2D eigenvalue weighted by atomic mass is 35.5. The monoisotopic (exact) mass is 416 g/mol. The Morgan fingerprint density at radius 2 is 1.79 bits per heavy atom. The van der Waals surface area contributed by atoms with Crippen molar-refractivity contribution in [1.29, 1.82) is 0 Å². The van der Waals surface area contributed by atoms with E-state index in [9.17, 15) is 4.79 Å². The Morgan fingerprint density at radius 1 is 1.10 bits per heavy atom. The van der Waals surface area contributed by atoms with Gasteiger partial charge in [-0.2, -0.15) is 0 Å². The summed E-state index contributed by atoms with van der Waals surface area (Å²) >= 11 is 0. The molecule has 1 amide bonds. The second-order valence-electron chi connectivity index (χ2n) is 7.58. The molecule has 2 aromatic rings. The molecule has 1 aliphatic rings. The number of aryl methyl sites for hydroxylation is 1. The molecule has 1 heterocycles. The number of halogens is 1. The van der Waals surface area contributed by atoms with E-state index in [-0.39, 0.29) is 24.4 Å². The third-order valence-corrected chi connectivity index (χ3v) is 5.39. The third kappa shape index (κ3) is 6.48. The number of likely N-dealkylation sites (tertiary alicyclic amines) is 1. The topological polar surface area (TPSA) is 41.6 Å². The molecule has 0 bridgehead atoms. The molecule has 1 atom stereocenters. The molecular weight excluding hydrogens is 384 g/mol. The first kappa shape index (κ1) is 23.2. The number of hydrogen-bond acceptors (Lipinski definition) is 3. The number of carbonyl (C=O) groups is 1. The van der Waals surface area contributed by atoms with Gasteiger partial charge in [0.2, 0.25) is 0 Å². The van der Waals surface area contributed by atoms with E-state index >= 15 is 0 Å². The Labute approximate surface area is 181 Å². The van der Waals surface area contributed by atoms with Crippen molar-refractivity contribution in [2.24, 2.45) is 0 Å². The molecule has 2 aromatic carbocycles. The van der Waals surface area contributed by atoms with Crippen LogP contribution in [0.2, 0.25) is 0 Å². The smallest absolute Gasteiger partial charge is 0.255 e. The van der Waals surface area contributed by atoms with E-state index in [1.54, 1.807) is 0 Å². The molecule has 1 unspecified atom stereocenters. The Kier molecular flexibility index (Phi) is 9.49. The van der Waals surface area contributed by atoms with E-state index in [1.165, 1.54) is 24.0 Å². The highest BCUT2D eigenvalue weighted by Gasteiger charge is 2.24. The van der Waals surface area contributed by atoms with Gasteiger partial charge < -0.3 is 10.1 Å². The van der Waals surface area contributed by atoms with Gasteiger partial charge in [-0.25, -0.2) is 0 Å². The molecule has 0 radical (unpaired) electrons. The van der Waals surface area contributed by atoms with E-state index in [0.29, 0.717) is 24.5 Å². The van der Waals surface area contributed by atoms with Gasteiger partial charge in [0, 0.05) is 6.54 Å². The van der Waals surface area contributed by atoms with Crippen molar-refractivity contribution < 1.29 is 9.53 Å². The molecule has 1 saturated heterocycles. The fourth-order valence-electron chi connectivity index (χ4n) is 3.69. The number of rotatable bonds is 9. The van der Waals surface area contributed by atoms with E-state index in [4.69, 9.17) is 4.74 Å². The van der Waals surface area contributed by atoms with Crippen molar-refractivity contribution in [1.82, 2.24) is 10.2 Å². The number of amides is 1. The highest BCUT2D eigenvalue weighted by molar-refractivity contribution is 5.96. The molecule has 0 spiro atoms. The minimum atomic E-state index is -0.0663. The Hall–Kier alpha value is -2.04. The first-order valence-corrected chi connectivity index (χ1v) is 10.5. The number of benzene rings is 2. The molecule has 1 N–H and O–H groups in total. The maximum absolute atomic E-state index is 12.9. The zero-order valence-corrected chi connectivity index (χ0v) is 18.3. The SMILES string of the molecule is CCCCOc1ccccc1C(=O)NCC(c1ccc(C)cc1)N1CCCC1.Cl. The maximum Gasteiger partial charge on any atom is 0.255 e. The molecule has 1 fully saturated rings. The van der Waals surface area contributed by atoms with Crippen molar-refractivity contribution in [3.05, 3.63) is 65.2 Å². The zero-order valence-electron chi connectivity index (χ0n) is 17.5. The number of nitrogens with zero attached hydrogens (tertiary/aromatic N) is 1. The van der Waals surface area contributed by atoms with Gasteiger partial charge in [0.25, 0.3) is 5.91 Å². The average Bonchev–Trinajstić information content (AvgIpc) is 3.24. The first-order valence-electron chi connectivity index (χ1n) is 10.5. The molecule has 3 rings (SSSR count). The highest BCUT2D eigenvalue weighted by Crippen LogP contribution is 2.25. The summed E-state index contributed by atoms with van der Waals surface area (Å²) in [7, 11) is 0. The van der Waals surface area contributed by atoms with Crippen LogP contribution in [-0.2, 0) is 0 Å². The van der Waals surface area contributed by atoms with Gasteiger partial charge in [-0.3, -0.25) is 9.69 Å². The molecule has 0 aromatic heterocycles. The second-order valence-corrected chi connectivity index (χ2v) is 7.58. The lowest BCUT2D eigenvalue weighted by Crippen LogP contribution is -2.37. The summed E-state index contributed by atoms with van der Waals surface area (Å²) in [4.78, 5) is 15.4. The molecule has 1 aliphatic heterocycles. The number of hydrogen-bond donors (Lipinski definition) is 1. The van der Waals surface area contributed by atoms with E-state index in [2.05, 4.69) is 48.3 Å². The minimum Gasteiger partial charge on any atom is -0.493 e. The van der Waals surface area contributed by atoms with Crippen LogP contribution in [0.3, 0.4) is 0 Å². The molecule has 158 valence electrons. The second kappa shape index (κ2) is 11.8. The van der Waals surface area contributed by atoms with Crippen LogP contribution in [0.15, 0.2) is 48.5 Å². The van der Waals surface area contributed by atoms with Gasteiger partial charge >= 0.3 is 0 Å². The molecule has 29 heavy (non-hydrogen) atoms. The summed E-state index contributed by atoms with van der Waals surface area (Å²) in [6, 6.07) is 16.4.